The van der Waals surface area contributed by atoms with E-state index in [2.05, 4.69) is 103 Å². The Kier molecular flexibility index (Phi) is 12.3. The first kappa shape index (κ1) is 41.7. The smallest absolute Gasteiger partial charge is 0.232 e. The number of amides is 1. The van der Waals surface area contributed by atoms with E-state index in [1.54, 1.807) is 13.3 Å². The SMILES string of the molecule is CCC(=O)NC1CC(n2cnc3c(NCC(c4ccccc4)c4ccccc4)nc(N4CC[C@@H](Nc5nc(NC6CCN(C)C6)nc(N6CCN(C)CC6)n5)C4)nc32)[C@H](O)[C@@H]1O. The first-order valence-corrected chi connectivity index (χ1v) is 22.1. The normalized spacial score (nSPS) is 24.6. The minimum atomic E-state index is -1.14. The fourth-order valence-corrected chi connectivity index (χ4v) is 9.27. The number of aromatic nitrogens is 7. The van der Waals surface area contributed by atoms with Gasteiger partial charge < -0.3 is 55.6 Å². The largest absolute Gasteiger partial charge is 0.388 e. The molecular formula is C44H59N15O3. The first-order valence-electron chi connectivity index (χ1n) is 22.1. The van der Waals surface area contributed by atoms with Crippen molar-refractivity contribution in [2.24, 2.45) is 0 Å². The van der Waals surface area contributed by atoms with E-state index in [0.717, 1.165) is 52.1 Å². The third kappa shape index (κ3) is 9.09. The maximum Gasteiger partial charge on any atom is 0.232 e. The van der Waals surface area contributed by atoms with Crippen molar-refractivity contribution in [1.29, 1.82) is 0 Å². The molecular weight excluding hydrogens is 787 g/mol. The van der Waals surface area contributed by atoms with Crippen molar-refractivity contribution in [3.63, 3.8) is 0 Å². The summed E-state index contributed by atoms with van der Waals surface area (Å²) in [5.41, 5.74) is 3.43. The van der Waals surface area contributed by atoms with Crippen LogP contribution in [0.4, 0.5) is 29.6 Å². The number of anilines is 5. The van der Waals surface area contributed by atoms with Crippen molar-refractivity contribution >= 4 is 46.7 Å². The van der Waals surface area contributed by atoms with Gasteiger partial charge in [0.1, 0.15) is 12.2 Å². The molecule has 2 aromatic carbocycles. The van der Waals surface area contributed by atoms with Crippen LogP contribution < -0.4 is 31.1 Å². The molecule has 1 aliphatic carbocycles. The monoisotopic (exact) mass is 845 g/mol. The van der Waals surface area contributed by atoms with Crippen molar-refractivity contribution in [3.8, 4) is 0 Å². The number of imidazole rings is 1. The van der Waals surface area contributed by atoms with Crippen LogP contribution in [0.1, 0.15) is 55.7 Å². The Hall–Kier alpha value is -5.69. The Morgan fingerprint density at radius 2 is 1.39 bits per heavy atom. The number of aliphatic hydroxyl groups excluding tert-OH is 2. The van der Waals surface area contributed by atoms with Crippen LogP contribution in [0.2, 0.25) is 0 Å². The maximum atomic E-state index is 12.4. The van der Waals surface area contributed by atoms with Gasteiger partial charge in [0.05, 0.1) is 18.4 Å². The standard InChI is InChI=1S/C44H59N15O3/c1-4-35(60)49-33-23-34(38(62)37(33)61)59-27-46-36-39(45-24-32(28-11-7-5-8-12-28)29-13-9-6-10-14-29)50-43(51-40(36)59)58-18-16-31(26-58)48-42-52-41(47-30-15-17-56(3)25-30)53-44(54-42)57-21-19-55(2)20-22-57/h5-14,27,30-34,37-38,61-62H,4,15-26H2,1-3H3,(H,49,60)(H,45,50,51)(H2,47,48,52,53,54)/t30?,31-,33?,34?,37-,38+/m1/s1. The highest BCUT2D eigenvalue weighted by Crippen LogP contribution is 2.36. The average Bonchev–Trinajstić information content (AvgIpc) is 4.09. The van der Waals surface area contributed by atoms with Gasteiger partial charge in [0.15, 0.2) is 17.0 Å². The van der Waals surface area contributed by atoms with E-state index in [1.165, 1.54) is 11.1 Å². The molecule has 1 saturated carbocycles. The van der Waals surface area contributed by atoms with E-state index < -0.39 is 24.3 Å². The van der Waals surface area contributed by atoms with Gasteiger partial charge in [-0.2, -0.15) is 24.9 Å². The molecule has 0 radical (unpaired) electrons. The Bertz CT molecular complexity index is 2250. The van der Waals surface area contributed by atoms with Crippen LogP contribution in [-0.2, 0) is 4.79 Å². The summed E-state index contributed by atoms with van der Waals surface area (Å²) in [6.07, 6.45) is 1.80. The van der Waals surface area contributed by atoms with Crippen LogP contribution in [-0.4, -0.2) is 164 Å². The Morgan fingerprint density at radius 1 is 0.742 bits per heavy atom. The Balaban J connectivity index is 1.00. The molecule has 9 rings (SSSR count). The number of likely N-dealkylation sites (tertiary alicyclic amines) is 1. The molecule has 18 nitrogen and oxygen atoms in total. The minimum Gasteiger partial charge on any atom is -0.388 e. The van der Waals surface area contributed by atoms with Gasteiger partial charge in [-0.25, -0.2) is 4.98 Å². The summed E-state index contributed by atoms with van der Waals surface area (Å²) in [7, 11) is 4.28. The van der Waals surface area contributed by atoms with Crippen LogP contribution >= 0.6 is 0 Å². The van der Waals surface area contributed by atoms with Crippen LogP contribution in [0.15, 0.2) is 67.0 Å². The predicted octanol–water partition coefficient (Wildman–Crippen LogP) is 2.38. The molecule has 0 spiro atoms. The number of carbonyl (C=O) groups is 1. The van der Waals surface area contributed by atoms with Gasteiger partial charge in [0.2, 0.25) is 29.7 Å². The topological polar surface area (TPSA) is 201 Å². The zero-order valence-corrected chi connectivity index (χ0v) is 35.8. The highest BCUT2D eigenvalue weighted by atomic mass is 16.3. The summed E-state index contributed by atoms with van der Waals surface area (Å²) in [4.78, 5) is 51.2. The van der Waals surface area contributed by atoms with Crippen LogP contribution in [0.25, 0.3) is 11.2 Å². The van der Waals surface area contributed by atoms with Gasteiger partial charge in [-0.3, -0.25) is 4.79 Å². The molecule has 4 fully saturated rings. The zero-order valence-electron chi connectivity index (χ0n) is 35.8. The van der Waals surface area contributed by atoms with E-state index in [0.29, 0.717) is 66.8 Å². The summed E-state index contributed by atoms with van der Waals surface area (Å²) >= 11 is 0. The quantitative estimate of drug-likeness (QED) is 0.0951. The number of benzene rings is 2. The highest BCUT2D eigenvalue weighted by Gasteiger charge is 2.44. The number of rotatable bonds is 14. The van der Waals surface area contributed by atoms with Gasteiger partial charge in [-0.05, 0) is 51.0 Å². The van der Waals surface area contributed by atoms with E-state index in [9.17, 15) is 15.0 Å². The lowest BCUT2D eigenvalue weighted by Gasteiger charge is -2.32. The molecule has 6 N–H and O–H groups in total. The van der Waals surface area contributed by atoms with Gasteiger partial charge in [-0.15, -0.1) is 0 Å². The molecule has 18 heteroatoms. The fraction of sp³-hybridized carbons (Fsp3) is 0.523. The van der Waals surface area contributed by atoms with Crippen LogP contribution in [0, 0.1) is 0 Å². The second-order valence-corrected chi connectivity index (χ2v) is 17.3. The molecule has 6 atom stereocenters. The van der Waals surface area contributed by atoms with Crippen molar-refractivity contribution in [3.05, 3.63) is 78.1 Å². The van der Waals surface area contributed by atoms with Crippen LogP contribution in [0.5, 0.6) is 0 Å². The van der Waals surface area contributed by atoms with Gasteiger partial charge in [0, 0.05) is 76.8 Å². The lowest BCUT2D eigenvalue weighted by atomic mass is 9.91. The lowest BCUT2D eigenvalue weighted by Crippen LogP contribution is -2.45. The molecule has 3 aromatic heterocycles. The maximum absolute atomic E-state index is 12.4. The zero-order chi connectivity index (χ0) is 42.7. The second kappa shape index (κ2) is 18.3. The number of carbonyl (C=O) groups excluding carboxylic acids is 1. The van der Waals surface area contributed by atoms with E-state index in [-0.39, 0.29) is 30.3 Å². The summed E-state index contributed by atoms with van der Waals surface area (Å²) in [5, 5.41) is 36.2. The van der Waals surface area contributed by atoms with E-state index in [4.69, 9.17) is 29.9 Å². The van der Waals surface area contributed by atoms with Gasteiger partial charge in [0.25, 0.3) is 0 Å². The third-order valence-corrected chi connectivity index (χ3v) is 12.9. The number of fused-ring (bicyclic) bond motifs is 1. The summed E-state index contributed by atoms with van der Waals surface area (Å²) in [6.45, 7) is 9.12. The Labute approximate surface area is 362 Å². The fourth-order valence-electron chi connectivity index (χ4n) is 9.27. The van der Waals surface area contributed by atoms with E-state index in [1.807, 2.05) is 16.7 Å². The number of likely N-dealkylation sites (N-methyl/N-ethyl adjacent to an activating group) is 2. The minimum absolute atomic E-state index is 0.000835. The number of nitrogens with one attached hydrogen (secondary N) is 4. The van der Waals surface area contributed by atoms with Crippen LogP contribution in [0.3, 0.4) is 0 Å². The molecule has 0 bridgehead atoms. The summed E-state index contributed by atoms with van der Waals surface area (Å²) in [6, 6.07) is 19.9. The lowest BCUT2D eigenvalue weighted by molar-refractivity contribution is -0.122. The molecule has 62 heavy (non-hydrogen) atoms. The summed E-state index contributed by atoms with van der Waals surface area (Å²) in [5.74, 6) is 2.74. The summed E-state index contributed by atoms with van der Waals surface area (Å²) < 4.78 is 1.83. The average molecular weight is 846 g/mol. The molecule has 6 heterocycles. The second-order valence-electron chi connectivity index (χ2n) is 17.3. The highest BCUT2D eigenvalue weighted by molar-refractivity contribution is 5.85. The van der Waals surface area contributed by atoms with Gasteiger partial charge >= 0.3 is 0 Å². The van der Waals surface area contributed by atoms with Crippen molar-refractivity contribution < 1.29 is 15.0 Å². The molecule has 3 saturated heterocycles. The van der Waals surface area contributed by atoms with Crippen molar-refractivity contribution in [2.75, 3.05) is 98.7 Å². The van der Waals surface area contributed by atoms with Crippen molar-refractivity contribution in [2.45, 2.75) is 74.9 Å². The number of hydrogen-bond acceptors (Lipinski definition) is 16. The molecule has 1 amide bonds. The van der Waals surface area contributed by atoms with E-state index >= 15 is 0 Å². The molecule has 328 valence electrons. The number of hydrogen-bond donors (Lipinski definition) is 6. The molecule has 3 aliphatic heterocycles. The molecule has 5 aromatic rings. The van der Waals surface area contributed by atoms with Gasteiger partial charge in [-0.1, -0.05) is 67.6 Å². The Morgan fingerprint density at radius 3 is 2.03 bits per heavy atom. The number of aliphatic hydroxyl groups is 2. The third-order valence-electron chi connectivity index (χ3n) is 12.9. The predicted molar refractivity (Wildman–Crippen MR) is 240 cm³/mol. The first-order chi connectivity index (χ1) is 30.2. The molecule has 4 aliphatic rings. The molecule has 3 unspecified atom stereocenters. The number of piperazine rings is 1. The number of nitrogens with zero attached hydrogens (tertiary/aromatic N) is 11. The van der Waals surface area contributed by atoms with Crippen molar-refractivity contribution in [1.82, 2.24) is 49.6 Å².